The normalized spacial score (nSPS) is 17.4. The van der Waals surface area contributed by atoms with Gasteiger partial charge in [-0.2, -0.15) is 0 Å². The second-order valence-electron chi connectivity index (χ2n) is 4.64. The standard InChI is InChI=1S/C12H16N2O2S2/c1-8(9-2-3-9)14-18(15,16)11-6-4-10(5-7-11)12(13)17/h4-9,14H,2-3H2,1H3,(H2,13,17). The number of hydrogen-bond acceptors (Lipinski definition) is 3. The van der Waals surface area contributed by atoms with Gasteiger partial charge in [0.25, 0.3) is 0 Å². The van der Waals surface area contributed by atoms with E-state index in [1.54, 1.807) is 12.1 Å². The highest BCUT2D eigenvalue weighted by molar-refractivity contribution is 7.89. The second kappa shape index (κ2) is 4.95. The van der Waals surface area contributed by atoms with Crippen molar-refractivity contribution in [2.75, 3.05) is 0 Å². The minimum absolute atomic E-state index is 0.00902. The highest BCUT2D eigenvalue weighted by atomic mass is 32.2. The molecule has 98 valence electrons. The fraction of sp³-hybridized carbons (Fsp3) is 0.417. The zero-order chi connectivity index (χ0) is 13.3. The van der Waals surface area contributed by atoms with Gasteiger partial charge in [-0.05, 0) is 37.8 Å². The lowest BCUT2D eigenvalue weighted by Crippen LogP contribution is -2.34. The summed E-state index contributed by atoms with van der Waals surface area (Å²) >= 11 is 4.82. The Kier molecular flexibility index (Phi) is 3.70. The van der Waals surface area contributed by atoms with Crippen molar-refractivity contribution in [2.24, 2.45) is 11.7 Å². The molecule has 0 heterocycles. The molecular formula is C12H16N2O2S2. The first-order valence-corrected chi connectivity index (χ1v) is 7.71. The molecule has 6 heteroatoms. The maximum Gasteiger partial charge on any atom is 0.240 e. The zero-order valence-electron chi connectivity index (χ0n) is 10.1. The summed E-state index contributed by atoms with van der Waals surface area (Å²) in [5.41, 5.74) is 6.13. The van der Waals surface area contributed by atoms with Crippen LogP contribution < -0.4 is 10.5 Å². The molecule has 0 radical (unpaired) electrons. The van der Waals surface area contributed by atoms with Crippen LogP contribution in [0.25, 0.3) is 0 Å². The van der Waals surface area contributed by atoms with E-state index in [0.717, 1.165) is 12.8 Å². The van der Waals surface area contributed by atoms with Crippen LogP contribution in [-0.2, 0) is 10.0 Å². The molecule has 1 aliphatic carbocycles. The minimum atomic E-state index is -3.44. The van der Waals surface area contributed by atoms with Crippen molar-refractivity contribution in [3.8, 4) is 0 Å². The Labute approximate surface area is 113 Å². The first kappa shape index (κ1) is 13.5. The lowest BCUT2D eigenvalue weighted by atomic mass is 10.2. The van der Waals surface area contributed by atoms with Gasteiger partial charge in [-0.3, -0.25) is 0 Å². The molecule has 4 nitrogen and oxygen atoms in total. The number of hydrogen-bond donors (Lipinski definition) is 2. The van der Waals surface area contributed by atoms with Gasteiger partial charge in [0.1, 0.15) is 4.99 Å². The van der Waals surface area contributed by atoms with Gasteiger partial charge in [-0.15, -0.1) is 0 Å². The van der Waals surface area contributed by atoms with E-state index < -0.39 is 10.0 Å². The Morgan fingerprint density at radius 1 is 1.39 bits per heavy atom. The largest absolute Gasteiger partial charge is 0.389 e. The molecule has 0 amide bonds. The molecule has 0 spiro atoms. The van der Waals surface area contributed by atoms with Gasteiger partial charge in [-0.25, -0.2) is 13.1 Å². The van der Waals surface area contributed by atoms with Crippen LogP contribution in [0.4, 0.5) is 0 Å². The topological polar surface area (TPSA) is 72.2 Å². The van der Waals surface area contributed by atoms with Crippen molar-refractivity contribution >= 4 is 27.2 Å². The number of thiocarbonyl (C=S) groups is 1. The van der Waals surface area contributed by atoms with Crippen molar-refractivity contribution in [3.05, 3.63) is 29.8 Å². The number of nitrogens with two attached hydrogens (primary N) is 1. The quantitative estimate of drug-likeness (QED) is 0.802. The van der Waals surface area contributed by atoms with Gasteiger partial charge in [0, 0.05) is 11.6 Å². The lowest BCUT2D eigenvalue weighted by molar-refractivity contribution is 0.538. The predicted molar refractivity (Wildman–Crippen MR) is 74.8 cm³/mol. The average molecular weight is 284 g/mol. The van der Waals surface area contributed by atoms with E-state index in [-0.39, 0.29) is 15.9 Å². The summed E-state index contributed by atoms with van der Waals surface area (Å²) in [6.45, 7) is 1.90. The predicted octanol–water partition coefficient (Wildman–Crippen LogP) is 1.40. The Hall–Kier alpha value is -0.980. The molecule has 1 aromatic carbocycles. The van der Waals surface area contributed by atoms with E-state index in [9.17, 15) is 8.42 Å². The minimum Gasteiger partial charge on any atom is -0.389 e. The van der Waals surface area contributed by atoms with E-state index in [1.807, 2.05) is 6.92 Å². The van der Waals surface area contributed by atoms with E-state index in [1.165, 1.54) is 12.1 Å². The van der Waals surface area contributed by atoms with Crippen LogP contribution in [0.2, 0.25) is 0 Å². The molecule has 3 N–H and O–H groups in total. The summed E-state index contributed by atoms with van der Waals surface area (Å²) < 4.78 is 26.9. The van der Waals surface area contributed by atoms with Crippen LogP contribution in [0.3, 0.4) is 0 Å². The number of benzene rings is 1. The van der Waals surface area contributed by atoms with Crippen LogP contribution in [0.5, 0.6) is 0 Å². The van der Waals surface area contributed by atoms with Crippen molar-refractivity contribution in [3.63, 3.8) is 0 Å². The van der Waals surface area contributed by atoms with Crippen LogP contribution in [-0.4, -0.2) is 19.4 Å². The third kappa shape index (κ3) is 3.07. The molecule has 1 saturated carbocycles. The summed E-state index contributed by atoms with van der Waals surface area (Å²) in [7, 11) is -3.44. The highest BCUT2D eigenvalue weighted by Gasteiger charge is 2.31. The van der Waals surface area contributed by atoms with Crippen molar-refractivity contribution < 1.29 is 8.42 Å². The SMILES string of the molecule is CC(NS(=O)(=O)c1ccc(C(N)=S)cc1)C1CC1. The molecule has 1 atom stereocenters. The molecule has 0 bridgehead atoms. The fourth-order valence-corrected chi connectivity index (χ4v) is 3.25. The van der Waals surface area contributed by atoms with Gasteiger partial charge in [-0.1, -0.05) is 24.4 Å². The van der Waals surface area contributed by atoms with Crippen molar-refractivity contribution in [2.45, 2.75) is 30.7 Å². The molecule has 1 aromatic rings. The number of rotatable bonds is 5. The lowest BCUT2D eigenvalue weighted by Gasteiger charge is -2.13. The molecule has 18 heavy (non-hydrogen) atoms. The Morgan fingerprint density at radius 2 is 1.94 bits per heavy atom. The monoisotopic (exact) mass is 284 g/mol. The van der Waals surface area contributed by atoms with Crippen LogP contribution in [0.1, 0.15) is 25.3 Å². The second-order valence-corrected chi connectivity index (χ2v) is 6.79. The first-order chi connectivity index (χ1) is 8.40. The van der Waals surface area contributed by atoms with Gasteiger partial charge in [0.15, 0.2) is 0 Å². The van der Waals surface area contributed by atoms with Gasteiger partial charge in [0.2, 0.25) is 10.0 Å². The number of sulfonamides is 1. The summed E-state index contributed by atoms with van der Waals surface area (Å²) in [5, 5.41) is 0. The molecule has 0 aliphatic heterocycles. The molecule has 2 rings (SSSR count). The maximum absolute atomic E-state index is 12.1. The van der Waals surface area contributed by atoms with E-state index in [4.69, 9.17) is 18.0 Å². The van der Waals surface area contributed by atoms with E-state index >= 15 is 0 Å². The molecule has 0 saturated heterocycles. The van der Waals surface area contributed by atoms with Crippen LogP contribution >= 0.6 is 12.2 Å². The number of nitrogens with one attached hydrogen (secondary N) is 1. The molecule has 0 aromatic heterocycles. The average Bonchev–Trinajstić information content (AvgIpc) is 3.12. The highest BCUT2D eigenvalue weighted by Crippen LogP contribution is 2.32. The molecule has 1 fully saturated rings. The summed E-state index contributed by atoms with van der Waals surface area (Å²) in [5.74, 6) is 0.482. The van der Waals surface area contributed by atoms with Crippen molar-refractivity contribution in [1.29, 1.82) is 0 Å². The van der Waals surface area contributed by atoms with E-state index in [2.05, 4.69) is 4.72 Å². The van der Waals surface area contributed by atoms with Gasteiger partial charge in [0.05, 0.1) is 4.90 Å². The first-order valence-electron chi connectivity index (χ1n) is 5.82. The molecule has 1 unspecified atom stereocenters. The Bertz CT molecular complexity index is 548. The summed E-state index contributed by atoms with van der Waals surface area (Å²) in [6, 6.07) is 6.29. The van der Waals surface area contributed by atoms with Gasteiger partial charge >= 0.3 is 0 Å². The van der Waals surface area contributed by atoms with Crippen LogP contribution in [0.15, 0.2) is 29.2 Å². The van der Waals surface area contributed by atoms with Crippen molar-refractivity contribution in [1.82, 2.24) is 4.72 Å². The smallest absolute Gasteiger partial charge is 0.240 e. The summed E-state index contributed by atoms with van der Waals surface area (Å²) in [4.78, 5) is 0.508. The molecular weight excluding hydrogens is 268 g/mol. The zero-order valence-corrected chi connectivity index (χ0v) is 11.7. The third-order valence-corrected chi connectivity index (χ3v) is 4.93. The Morgan fingerprint density at radius 3 is 2.39 bits per heavy atom. The van der Waals surface area contributed by atoms with Gasteiger partial charge < -0.3 is 5.73 Å². The van der Waals surface area contributed by atoms with Crippen LogP contribution in [0, 0.1) is 5.92 Å². The van der Waals surface area contributed by atoms with E-state index in [0.29, 0.717) is 11.5 Å². The fourth-order valence-electron chi connectivity index (χ4n) is 1.80. The summed E-state index contributed by atoms with van der Waals surface area (Å²) in [6.07, 6.45) is 2.20. The third-order valence-electron chi connectivity index (χ3n) is 3.12. The Balaban J connectivity index is 2.15. The molecule has 1 aliphatic rings. The maximum atomic E-state index is 12.1.